The van der Waals surface area contributed by atoms with Gasteiger partial charge in [0.15, 0.2) is 0 Å². The first-order valence-corrected chi connectivity index (χ1v) is 8.63. The van der Waals surface area contributed by atoms with E-state index in [9.17, 15) is 4.79 Å². The Labute approximate surface area is 136 Å². The number of rotatable bonds is 2. The van der Waals surface area contributed by atoms with Gasteiger partial charge in [-0.05, 0) is 42.9 Å². The van der Waals surface area contributed by atoms with Crippen LogP contribution in [-0.2, 0) is 13.0 Å². The summed E-state index contributed by atoms with van der Waals surface area (Å²) in [6, 6.07) is 0. The van der Waals surface area contributed by atoms with Gasteiger partial charge in [-0.2, -0.15) is 0 Å². The number of hydrogen-bond acceptors (Lipinski definition) is 4. The number of likely N-dealkylation sites (tertiary alicyclic amines) is 1. The predicted octanol–water partition coefficient (Wildman–Crippen LogP) is 3.18. The van der Waals surface area contributed by atoms with Gasteiger partial charge in [-0.15, -0.1) is 0 Å². The van der Waals surface area contributed by atoms with Gasteiger partial charge < -0.3 is 9.40 Å². The minimum atomic E-state index is -0.170. The Kier molecular flexibility index (Phi) is 3.66. The van der Waals surface area contributed by atoms with E-state index in [-0.39, 0.29) is 5.56 Å². The molecule has 116 valence electrons. The summed E-state index contributed by atoms with van der Waals surface area (Å²) in [7, 11) is 0. The lowest BCUT2D eigenvalue weighted by Gasteiger charge is -2.25. The van der Waals surface area contributed by atoms with Crippen LogP contribution < -0.4 is 5.56 Å². The highest BCUT2D eigenvalue weighted by atomic mass is 79.9. The van der Waals surface area contributed by atoms with E-state index in [4.69, 9.17) is 4.42 Å². The molecule has 1 aliphatic carbocycles. The zero-order valence-electron chi connectivity index (χ0n) is 12.3. The molecule has 1 N–H and O–H groups in total. The third kappa shape index (κ3) is 2.54. The smallest absolute Gasteiger partial charge is 0.294 e. The topological polar surface area (TPSA) is 62.1 Å². The molecule has 4 rings (SSSR count). The number of aromatic amines is 1. The van der Waals surface area contributed by atoms with Gasteiger partial charge in [0, 0.05) is 12.0 Å². The van der Waals surface area contributed by atoms with Gasteiger partial charge >= 0.3 is 0 Å². The lowest BCUT2D eigenvalue weighted by atomic mass is 10.1. The van der Waals surface area contributed by atoms with E-state index >= 15 is 0 Å². The number of piperidine rings is 1. The van der Waals surface area contributed by atoms with Crippen molar-refractivity contribution in [3.05, 3.63) is 32.0 Å². The normalized spacial score (nSPS) is 19.2. The second-order valence-corrected chi connectivity index (χ2v) is 7.08. The van der Waals surface area contributed by atoms with Crippen LogP contribution in [-0.4, -0.2) is 28.0 Å². The van der Waals surface area contributed by atoms with Crippen molar-refractivity contribution < 1.29 is 4.42 Å². The molecule has 2 aromatic rings. The van der Waals surface area contributed by atoms with Crippen LogP contribution in [0.4, 0.5) is 0 Å². The Morgan fingerprint density at radius 2 is 2.09 bits per heavy atom. The first-order chi connectivity index (χ1) is 10.7. The van der Waals surface area contributed by atoms with Crippen LogP contribution in [0.5, 0.6) is 0 Å². The minimum Gasteiger partial charge on any atom is -0.453 e. The molecule has 0 spiro atoms. The summed E-state index contributed by atoms with van der Waals surface area (Å²) in [6.45, 7) is 2.86. The van der Waals surface area contributed by atoms with E-state index < -0.39 is 0 Å². The number of H-pyrrole nitrogens is 1. The van der Waals surface area contributed by atoms with Gasteiger partial charge in [-0.3, -0.25) is 9.69 Å². The molecule has 1 saturated heterocycles. The highest BCUT2D eigenvalue weighted by molar-refractivity contribution is 9.11. The quantitative estimate of drug-likeness (QED) is 0.889. The molecule has 0 saturated carbocycles. The molecule has 22 heavy (non-hydrogen) atoms. The number of allylic oxidation sites excluding steroid dienone is 1. The molecule has 0 bridgehead atoms. The third-order valence-electron chi connectivity index (χ3n) is 4.42. The standard InChI is InChI=1S/C16H18BrN3O2/c17-10-4-5-12-11(8-10)14-15(22-12)16(21)19-13(18-14)9-20-6-2-1-3-7-20/h8H,1-7,9H2,(H,18,19,21). The molecule has 5 nitrogen and oxygen atoms in total. The van der Waals surface area contributed by atoms with Gasteiger partial charge in [0.2, 0.25) is 5.58 Å². The van der Waals surface area contributed by atoms with Crippen LogP contribution in [0, 0.1) is 0 Å². The maximum absolute atomic E-state index is 12.3. The third-order valence-corrected chi connectivity index (χ3v) is 5.05. The zero-order valence-corrected chi connectivity index (χ0v) is 13.9. The molecule has 0 atom stereocenters. The Bertz CT molecular complexity index is 800. The summed E-state index contributed by atoms with van der Waals surface area (Å²) in [4.78, 5) is 22.2. The van der Waals surface area contributed by atoms with Crippen molar-refractivity contribution in [1.29, 1.82) is 0 Å². The summed E-state index contributed by atoms with van der Waals surface area (Å²) < 4.78 is 6.86. The predicted molar refractivity (Wildman–Crippen MR) is 89.0 cm³/mol. The Hall–Kier alpha value is -1.40. The molecule has 3 heterocycles. The summed E-state index contributed by atoms with van der Waals surface area (Å²) in [5.74, 6) is 1.60. The molecule has 1 aliphatic heterocycles. The molecule has 0 radical (unpaired) electrons. The number of hydrogen-bond donors (Lipinski definition) is 1. The summed E-state index contributed by atoms with van der Waals surface area (Å²) in [6.07, 6.45) is 7.50. The van der Waals surface area contributed by atoms with Crippen LogP contribution in [0.1, 0.15) is 42.8 Å². The first kappa shape index (κ1) is 14.2. The molecule has 6 heteroatoms. The maximum atomic E-state index is 12.3. The molecule has 1 fully saturated rings. The Balaban J connectivity index is 1.75. The molecule has 2 aliphatic rings. The van der Waals surface area contributed by atoms with E-state index in [2.05, 4.69) is 30.8 Å². The fourth-order valence-corrected chi connectivity index (χ4v) is 3.72. The average molecular weight is 364 g/mol. The number of nitrogens with zero attached hydrogens (tertiary/aromatic N) is 2. The van der Waals surface area contributed by atoms with Crippen molar-refractivity contribution in [2.24, 2.45) is 0 Å². The number of furan rings is 1. The number of aromatic nitrogens is 2. The summed E-state index contributed by atoms with van der Waals surface area (Å²) >= 11 is 3.54. The molecular weight excluding hydrogens is 346 g/mol. The SMILES string of the molecule is O=c1[nH]c(CN2CCCCC2)nc2c3c(oc12)CCC(Br)=C3. The Morgan fingerprint density at radius 1 is 1.27 bits per heavy atom. The van der Waals surface area contributed by atoms with Gasteiger partial charge in [-0.25, -0.2) is 4.98 Å². The summed E-state index contributed by atoms with van der Waals surface area (Å²) in [5, 5.41) is 0. The van der Waals surface area contributed by atoms with Crippen LogP contribution in [0.3, 0.4) is 0 Å². The highest BCUT2D eigenvalue weighted by Gasteiger charge is 2.21. The fraction of sp³-hybridized carbons (Fsp3) is 0.500. The fourth-order valence-electron chi connectivity index (χ4n) is 3.30. The zero-order chi connectivity index (χ0) is 15.1. The second kappa shape index (κ2) is 5.66. The van der Waals surface area contributed by atoms with E-state index in [0.717, 1.165) is 47.6 Å². The number of aryl methyl sites for hydroxylation is 1. The largest absolute Gasteiger partial charge is 0.453 e. The van der Waals surface area contributed by atoms with Crippen molar-refractivity contribution >= 4 is 33.1 Å². The van der Waals surface area contributed by atoms with Gasteiger partial charge in [-0.1, -0.05) is 22.4 Å². The van der Waals surface area contributed by atoms with E-state index in [1.54, 1.807) is 0 Å². The Morgan fingerprint density at radius 3 is 2.91 bits per heavy atom. The first-order valence-electron chi connectivity index (χ1n) is 7.84. The van der Waals surface area contributed by atoms with E-state index in [0.29, 0.717) is 17.6 Å². The van der Waals surface area contributed by atoms with Crippen LogP contribution in [0.15, 0.2) is 13.7 Å². The van der Waals surface area contributed by atoms with Crippen LogP contribution in [0.2, 0.25) is 0 Å². The van der Waals surface area contributed by atoms with Crippen LogP contribution >= 0.6 is 15.9 Å². The lowest BCUT2D eigenvalue weighted by Crippen LogP contribution is -2.30. The highest BCUT2D eigenvalue weighted by Crippen LogP contribution is 2.32. The van der Waals surface area contributed by atoms with Crippen molar-refractivity contribution in [3.8, 4) is 0 Å². The van der Waals surface area contributed by atoms with E-state index in [1.807, 2.05) is 6.08 Å². The van der Waals surface area contributed by atoms with Gasteiger partial charge in [0.1, 0.15) is 17.1 Å². The number of fused-ring (bicyclic) bond motifs is 3. The molecular formula is C16H18BrN3O2. The van der Waals surface area contributed by atoms with Crippen LogP contribution in [0.25, 0.3) is 17.2 Å². The minimum absolute atomic E-state index is 0.170. The van der Waals surface area contributed by atoms with Crippen molar-refractivity contribution in [2.45, 2.75) is 38.6 Å². The summed E-state index contributed by atoms with van der Waals surface area (Å²) in [5.41, 5.74) is 1.84. The second-order valence-electron chi connectivity index (χ2n) is 6.06. The van der Waals surface area contributed by atoms with Gasteiger partial charge in [0.25, 0.3) is 5.56 Å². The maximum Gasteiger partial charge on any atom is 0.294 e. The van der Waals surface area contributed by atoms with Crippen molar-refractivity contribution in [2.75, 3.05) is 13.1 Å². The van der Waals surface area contributed by atoms with Crippen molar-refractivity contribution in [1.82, 2.24) is 14.9 Å². The molecule has 0 amide bonds. The molecule has 0 unspecified atom stereocenters. The van der Waals surface area contributed by atoms with E-state index in [1.165, 1.54) is 19.3 Å². The average Bonchev–Trinajstić information content (AvgIpc) is 2.87. The number of nitrogens with one attached hydrogen (secondary N) is 1. The van der Waals surface area contributed by atoms with Crippen molar-refractivity contribution in [3.63, 3.8) is 0 Å². The lowest BCUT2D eigenvalue weighted by molar-refractivity contribution is 0.216. The molecule has 2 aromatic heterocycles. The molecule has 0 aromatic carbocycles. The number of halogens is 1. The monoisotopic (exact) mass is 363 g/mol. The van der Waals surface area contributed by atoms with Gasteiger partial charge in [0.05, 0.1) is 6.54 Å².